The van der Waals surface area contributed by atoms with Gasteiger partial charge in [-0.1, -0.05) is 12.1 Å². The number of imide groups is 2. The minimum atomic E-state index is -1.32. The number of hydrogen-bond donors (Lipinski definition) is 2. The summed E-state index contributed by atoms with van der Waals surface area (Å²) >= 11 is 0. The Balaban J connectivity index is 1.71. The maximum absolute atomic E-state index is 12.4. The van der Waals surface area contributed by atoms with E-state index in [0.717, 1.165) is 0 Å². The van der Waals surface area contributed by atoms with Crippen LogP contribution in [-0.4, -0.2) is 68.7 Å². The Morgan fingerprint density at radius 3 is 1.27 bits per heavy atom. The third kappa shape index (κ3) is 2.82. The zero-order chi connectivity index (χ0) is 21.7. The van der Waals surface area contributed by atoms with Crippen LogP contribution in [0.25, 0.3) is 11.1 Å². The molecule has 30 heavy (non-hydrogen) atoms. The Morgan fingerprint density at radius 2 is 0.933 bits per heavy atom. The fraction of sp³-hybridized carbons (Fsp3) is 0.100. The summed E-state index contributed by atoms with van der Waals surface area (Å²) in [5, 5.41) is 17.8. The highest BCUT2D eigenvalue weighted by Crippen LogP contribution is 2.32. The Bertz CT molecular complexity index is 1110. The van der Waals surface area contributed by atoms with E-state index >= 15 is 0 Å². The van der Waals surface area contributed by atoms with Gasteiger partial charge >= 0.3 is 11.9 Å². The van der Waals surface area contributed by atoms with Crippen LogP contribution in [0.4, 0.5) is 0 Å². The van der Waals surface area contributed by atoms with Gasteiger partial charge in [-0.25, -0.2) is 0 Å². The van der Waals surface area contributed by atoms with Gasteiger partial charge in [0.25, 0.3) is 23.6 Å². The van der Waals surface area contributed by atoms with Crippen molar-refractivity contribution in [3.8, 4) is 11.1 Å². The molecule has 4 rings (SSSR count). The lowest BCUT2D eigenvalue weighted by atomic mass is 9.97. The lowest BCUT2D eigenvalue weighted by molar-refractivity contribution is -0.138. The first kappa shape index (κ1) is 19.0. The van der Waals surface area contributed by atoms with Gasteiger partial charge in [0, 0.05) is 0 Å². The maximum atomic E-state index is 12.4. The quantitative estimate of drug-likeness (QED) is 0.687. The van der Waals surface area contributed by atoms with E-state index in [1.165, 1.54) is 36.4 Å². The van der Waals surface area contributed by atoms with E-state index in [-0.39, 0.29) is 22.3 Å². The largest absolute Gasteiger partial charge is 0.480 e. The fourth-order valence-electron chi connectivity index (χ4n) is 3.50. The summed E-state index contributed by atoms with van der Waals surface area (Å²) < 4.78 is 0. The van der Waals surface area contributed by atoms with Gasteiger partial charge < -0.3 is 10.2 Å². The predicted molar refractivity (Wildman–Crippen MR) is 97.9 cm³/mol. The topological polar surface area (TPSA) is 149 Å². The number of aliphatic carboxylic acids is 2. The molecule has 10 nitrogen and oxygen atoms in total. The number of carbonyl (C=O) groups is 6. The molecule has 4 amide bonds. The number of carboxylic acids is 2. The minimum absolute atomic E-state index is 0.0363. The second kappa shape index (κ2) is 6.62. The summed E-state index contributed by atoms with van der Waals surface area (Å²) in [6.45, 7) is -1.51. The van der Waals surface area contributed by atoms with Gasteiger partial charge in [0.1, 0.15) is 13.1 Å². The number of nitrogens with zero attached hydrogens (tertiary/aromatic N) is 2. The zero-order valence-corrected chi connectivity index (χ0v) is 15.1. The summed E-state index contributed by atoms with van der Waals surface area (Å²) in [5.74, 6) is -5.53. The molecule has 0 aliphatic carbocycles. The molecule has 2 N–H and O–H groups in total. The molecular weight excluding hydrogens is 396 g/mol. The van der Waals surface area contributed by atoms with E-state index in [1.807, 2.05) is 0 Å². The fourth-order valence-corrected chi connectivity index (χ4v) is 3.50. The third-order valence-corrected chi connectivity index (χ3v) is 4.86. The van der Waals surface area contributed by atoms with Gasteiger partial charge in [-0.2, -0.15) is 0 Å². The van der Waals surface area contributed by atoms with E-state index < -0.39 is 48.7 Å². The molecule has 0 spiro atoms. The number of carbonyl (C=O) groups excluding carboxylic acids is 4. The van der Waals surface area contributed by atoms with Crippen LogP contribution in [0.1, 0.15) is 41.4 Å². The minimum Gasteiger partial charge on any atom is -0.480 e. The lowest BCUT2D eigenvalue weighted by Crippen LogP contribution is -2.34. The van der Waals surface area contributed by atoms with E-state index in [4.69, 9.17) is 10.2 Å². The number of benzene rings is 2. The van der Waals surface area contributed by atoms with Gasteiger partial charge in [0.2, 0.25) is 0 Å². The number of amides is 4. The molecule has 2 aromatic rings. The molecule has 0 atom stereocenters. The number of fused-ring (bicyclic) bond motifs is 2. The van der Waals surface area contributed by atoms with Crippen LogP contribution in [0.15, 0.2) is 36.4 Å². The molecule has 2 aliphatic rings. The van der Waals surface area contributed by atoms with Crippen LogP contribution in [0.2, 0.25) is 0 Å². The molecule has 150 valence electrons. The second-order valence-corrected chi connectivity index (χ2v) is 6.70. The van der Waals surface area contributed by atoms with Crippen molar-refractivity contribution < 1.29 is 39.0 Å². The van der Waals surface area contributed by atoms with Crippen LogP contribution < -0.4 is 0 Å². The molecule has 0 fully saturated rings. The monoisotopic (exact) mass is 408 g/mol. The molecule has 0 saturated heterocycles. The number of hydrogen-bond acceptors (Lipinski definition) is 6. The van der Waals surface area contributed by atoms with Crippen molar-refractivity contribution in [3.63, 3.8) is 0 Å². The summed E-state index contributed by atoms with van der Waals surface area (Å²) in [5.41, 5.74) is 1.15. The van der Waals surface area contributed by atoms with Crippen molar-refractivity contribution in [2.24, 2.45) is 0 Å². The molecule has 0 unspecified atom stereocenters. The summed E-state index contributed by atoms with van der Waals surface area (Å²) in [6, 6.07) is 8.68. The van der Waals surface area contributed by atoms with Crippen molar-refractivity contribution in [1.82, 2.24) is 9.80 Å². The van der Waals surface area contributed by atoms with Gasteiger partial charge in [-0.15, -0.1) is 0 Å². The molecule has 0 bridgehead atoms. The Labute approximate surface area is 167 Å². The molecule has 10 heteroatoms. The van der Waals surface area contributed by atoms with Crippen molar-refractivity contribution in [2.75, 3.05) is 13.1 Å². The predicted octanol–water partition coefficient (Wildman–Crippen LogP) is 0.715. The Kier molecular flexibility index (Phi) is 4.19. The van der Waals surface area contributed by atoms with Gasteiger partial charge in [-0.05, 0) is 35.4 Å². The van der Waals surface area contributed by atoms with Gasteiger partial charge in [-0.3, -0.25) is 38.6 Å². The normalized spacial score (nSPS) is 14.9. The molecule has 2 aliphatic heterocycles. The number of carboxylic acid groups (broad SMARTS) is 2. The Morgan fingerprint density at radius 1 is 0.600 bits per heavy atom. The zero-order valence-electron chi connectivity index (χ0n) is 15.1. The molecule has 0 saturated carbocycles. The van der Waals surface area contributed by atoms with Crippen molar-refractivity contribution in [1.29, 1.82) is 0 Å². The molecule has 0 aromatic heterocycles. The molecule has 2 heterocycles. The standard InChI is InChI=1S/C20H12N2O8/c23-15(24)7-21-17(27)11-3-1-9(5-13(11)19(21)29)10-2-4-12-14(6-10)20(30)22(18(12)28)8-16(25)26/h1-6H,7-8H2,(H,23,24)(H,25,26). The SMILES string of the molecule is O=C(O)CN1C(=O)c2ccc(-c3ccc4c(c3)C(=O)N(CC(=O)O)C4=O)cc2C1=O. The average Bonchev–Trinajstić information content (AvgIpc) is 3.07. The first-order chi connectivity index (χ1) is 14.2. The van der Waals surface area contributed by atoms with Gasteiger partial charge in [0.15, 0.2) is 0 Å². The van der Waals surface area contributed by atoms with Gasteiger partial charge in [0.05, 0.1) is 22.3 Å². The summed E-state index contributed by atoms with van der Waals surface area (Å²) in [7, 11) is 0. The number of rotatable bonds is 5. The van der Waals surface area contributed by atoms with Crippen molar-refractivity contribution >= 4 is 35.6 Å². The lowest BCUT2D eigenvalue weighted by Gasteiger charge is -2.09. The summed E-state index contributed by atoms with van der Waals surface area (Å²) in [4.78, 5) is 72.4. The third-order valence-electron chi connectivity index (χ3n) is 4.86. The Hall–Kier alpha value is -4.34. The molecule has 2 aromatic carbocycles. The van der Waals surface area contributed by atoms with E-state index in [0.29, 0.717) is 20.9 Å². The first-order valence-electron chi connectivity index (χ1n) is 8.63. The highest BCUT2D eigenvalue weighted by atomic mass is 16.4. The van der Waals surface area contributed by atoms with Crippen LogP contribution in [0.5, 0.6) is 0 Å². The summed E-state index contributed by atoms with van der Waals surface area (Å²) in [6.07, 6.45) is 0. The van der Waals surface area contributed by atoms with Crippen LogP contribution in [0, 0.1) is 0 Å². The van der Waals surface area contributed by atoms with E-state index in [1.54, 1.807) is 0 Å². The smallest absolute Gasteiger partial charge is 0.323 e. The first-order valence-corrected chi connectivity index (χ1v) is 8.63. The van der Waals surface area contributed by atoms with E-state index in [2.05, 4.69) is 0 Å². The van der Waals surface area contributed by atoms with E-state index in [9.17, 15) is 28.8 Å². The van der Waals surface area contributed by atoms with Crippen LogP contribution >= 0.6 is 0 Å². The molecular formula is C20H12N2O8. The molecule has 0 radical (unpaired) electrons. The van der Waals surface area contributed by atoms with Crippen LogP contribution in [0.3, 0.4) is 0 Å². The highest BCUT2D eigenvalue weighted by molar-refractivity contribution is 6.23. The average molecular weight is 408 g/mol. The van der Waals surface area contributed by atoms with Crippen LogP contribution in [-0.2, 0) is 9.59 Å². The maximum Gasteiger partial charge on any atom is 0.323 e. The highest BCUT2D eigenvalue weighted by Gasteiger charge is 2.38. The van der Waals surface area contributed by atoms with Crippen molar-refractivity contribution in [3.05, 3.63) is 58.7 Å². The van der Waals surface area contributed by atoms with Crippen molar-refractivity contribution in [2.45, 2.75) is 0 Å². The second-order valence-electron chi connectivity index (χ2n) is 6.70.